The molecule has 1 aromatic rings. The lowest BCUT2D eigenvalue weighted by Crippen LogP contribution is -2.45. The van der Waals surface area contributed by atoms with Gasteiger partial charge < -0.3 is 9.84 Å². The van der Waals surface area contributed by atoms with Gasteiger partial charge in [0, 0.05) is 25.9 Å². The maximum absolute atomic E-state index is 12.2. The summed E-state index contributed by atoms with van der Waals surface area (Å²) in [5.74, 6) is -3.18. The van der Waals surface area contributed by atoms with Crippen molar-refractivity contribution in [1.29, 1.82) is 0 Å². The summed E-state index contributed by atoms with van der Waals surface area (Å²) in [7, 11) is 2.96. The molecule has 1 aromatic heterocycles. The molecule has 1 aliphatic heterocycles. The van der Waals surface area contributed by atoms with Gasteiger partial charge in [0.15, 0.2) is 12.4 Å². The minimum absolute atomic E-state index is 0.174. The number of pyridine rings is 1. The number of carbonyl (C=O) groups is 3. The minimum Gasteiger partial charge on any atom is -0.864 e. The highest BCUT2D eigenvalue weighted by molar-refractivity contribution is 6.28. The molecule has 0 radical (unpaired) electrons. The molecule has 0 saturated heterocycles. The van der Waals surface area contributed by atoms with Gasteiger partial charge in [-0.1, -0.05) is 0 Å². The van der Waals surface area contributed by atoms with Crippen molar-refractivity contribution in [3.8, 4) is 0 Å². The lowest BCUT2D eigenvalue weighted by Gasteiger charge is -2.21. The van der Waals surface area contributed by atoms with Crippen LogP contribution in [0, 0.1) is 0 Å². The number of esters is 1. The molecule has 0 aliphatic carbocycles. The summed E-state index contributed by atoms with van der Waals surface area (Å²) in [4.78, 5) is 35.8. The van der Waals surface area contributed by atoms with Crippen LogP contribution in [0.1, 0.15) is 17.3 Å². The van der Waals surface area contributed by atoms with Gasteiger partial charge in [-0.2, -0.15) is 9.58 Å². The summed E-state index contributed by atoms with van der Waals surface area (Å²) < 4.78 is 6.03. The first-order valence-electron chi connectivity index (χ1n) is 6.54. The Bertz CT molecular complexity index is 681. The number of aromatic nitrogens is 1. The molecule has 0 N–H and O–H groups in total. The van der Waals surface area contributed by atoms with E-state index in [1.807, 2.05) is 0 Å². The van der Waals surface area contributed by atoms with Gasteiger partial charge in [-0.3, -0.25) is 9.59 Å². The van der Waals surface area contributed by atoms with Crippen LogP contribution in [0.25, 0.3) is 5.70 Å². The van der Waals surface area contributed by atoms with Crippen molar-refractivity contribution in [2.75, 3.05) is 20.7 Å². The largest absolute Gasteiger partial charge is 0.864 e. The predicted octanol–water partition coefficient (Wildman–Crippen LogP) is -1.47. The van der Waals surface area contributed by atoms with E-state index in [1.54, 1.807) is 6.92 Å². The maximum atomic E-state index is 12.2. The Morgan fingerprint density at radius 1 is 1.36 bits per heavy atom. The second-order valence-electron chi connectivity index (χ2n) is 4.67. The molecule has 8 nitrogen and oxygen atoms in total. The predicted molar refractivity (Wildman–Crippen MR) is 71.3 cm³/mol. The number of carbonyl (C=O) groups excluding carboxylic acids is 3. The zero-order chi connectivity index (χ0) is 16.4. The molecule has 1 aliphatic rings. The van der Waals surface area contributed by atoms with E-state index in [9.17, 15) is 19.5 Å². The van der Waals surface area contributed by atoms with Gasteiger partial charge in [-0.15, -0.1) is 0 Å². The number of hydrogen-bond donors (Lipinski definition) is 0. The van der Waals surface area contributed by atoms with Gasteiger partial charge in [0.1, 0.15) is 5.56 Å². The summed E-state index contributed by atoms with van der Waals surface area (Å²) >= 11 is 0. The van der Waals surface area contributed by atoms with Crippen LogP contribution in [0.5, 0.6) is 0 Å². The van der Waals surface area contributed by atoms with Gasteiger partial charge in [-0.25, -0.2) is 9.80 Å². The first kappa shape index (κ1) is 15.6. The van der Waals surface area contributed by atoms with E-state index in [-0.39, 0.29) is 17.9 Å². The Balaban J connectivity index is 2.44. The molecule has 0 bridgehead atoms. The standard InChI is InChI=1S/C14H15N3O5/c1-4-22-14(21)9-6-5-7-16(8-9)10-11(18)13(20)17(12(10)19)15(2)3/h5-8H,4H2,1-3H3. The normalized spacial score (nSPS) is 15.0. The topological polar surface area (TPSA) is 93.9 Å². The third-order valence-corrected chi connectivity index (χ3v) is 2.97. The summed E-state index contributed by atoms with van der Waals surface area (Å²) in [6.45, 7) is 1.87. The van der Waals surface area contributed by atoms with Crippen molar-refractivity contribution in [2.24, 2.45) is 0 Å². The van der Waals surface area contributed by atoms with Crippen molar-refractivity contribution in [2.45, 2.75) is 6.92 Å². The Kier molecular flexibility index (Phi) is 4.22. The van der Waals surface area contributed by atoms with Crippen molar-refractivity contribution in [3.63, 3.8) is 0 Å². The third-order valence-electron chi connectivity index (χ3n) is 2.97. The first-order valence-corrected chi connectivity index (χ1v) is 6.54. The molecule has 0 fully saturated rings. The van der Waals surface area contributed by atoms with Gasteiger partial charge in [-0.05, 0) is 13.0 Å². The first-order chi connectivity index (χ1) is 10.4. The van der Waals surface area contributed by atoms with E-state index < -0.39 is 23.5 Å². The Hall–Kier alpha value is -2.74. The molecule has 2 heterocycles. The average Bonchev–Trinajstić information content (AvgIpc) is 2.69. The van der Waals surface area contributed by atoms with Crippen LogP contribution in [-0.2, 0) is 14.3 Å². The van der Waals surface area contributed by atoms with Crippen LogP contribution in [0.15, 0.2) is 30.3 Å². The van der Waals surface area contributed by atoms with Crippen LogP contribution in [0.4, 0.5) is 0 Å². The van der Waals surface area contributed by atoms with Crippen LogP contribution in [0.2, 0.25) is 0 Å². The summed E-state index contributed by atoms with van der Waals surface area (Å²) in [5, 5.41) is 14.0. The fourth-order valence-corrected chi connectivity index (χ4v) is 2.03. The number of rotatable bonds is 4. The lowest BCUT2D eigenvalue weighted by molar-refractivity contribution is -0.581. The Morgan fingerprint density at radius 3 is 2.59 bits per heavy atom. The van der Waals surface area contributed by atoms with Gasteiger partial charge in [0.05, 0.1) is 6.61 Å². The zero-order valence-corrected chi connectivity index (χ0v) is 12.4. The fraction of sp³-hybridized carbons (Fsp3) is 0.286. The van der Waals surface area contributed by atoms with Crippen molar-refractivity contribution in [1.82, 2.24) is 10.0 Å². The number of hydrazine groups is 1. The van der Waals surface area contributed by atoms with E-state index in [2.05, 4.69) is 0 Å². The molecule has 0 atom stereocenters. The van der Waals surface area contributed by atoms with Gasteiger partial charge in [0.25, 0.3) is 11.6 Å². The second-order valence-corrected chi connectivity index (χ2v) is 4.67. The zero-order valence-electron chi connectivity index (χ0n) is 12.4. The molecular formula is C14H15N3O5. The maximum Gasteiger partial charge on any atom is 0.344 e. The molecule has 22 heavy (non-hydrogen) atoms. The number of imide groups is 1. The highest BCUT2D eigenvalue weighted by atomic mass is 16.5. The van der Waals surface area contributed by atoms with E-state index >= 15 is 0 Å². The highest BCUT2D eigenvalue weighted by Gasteiger charge is 2.41. The smallest absolute Gasteiger partial charge is 0.344 e. The van der Waals surface area contributed by atoms with Crippen LogP contribution in [-0.4, -0.2) is 48.5 Å². The second kappa shape index (κ2) is 5.94. The number of hydrogen-bond acceptors (Lipinski definition) is 6. The third kappa shape index (κ3) is 2.56. The molecule has 0 saturated carbocycles. The van der Waals surface area contributed by atoms with Crippen LogP contribution in [0.3, 0.4) is 0 Å². The van der Waals surface area contributed by atoms with Crippen LogP contribution >= 0.6 is 0 Å². The summed E-state index contributed by atoms with van der Waals surface area (Å²) in [6.07, 6.45) is 2.70. The number of ether oxygens (including phenoxy) is 1. The monoisotopic (exact) mass is 305 g/mol. The van der Waals surface area contributed by atoms with E-state index in [0.717, 1.165) is 9.58 Å². The molecule has 2 rings (SSSR count). The molecule has 116 valence electrons. The molecular weight excluding hydrogens is 290 g/mol. The van der Waals surface area contributed by atoms with Crippen molar-refractivity contribution < 1.29 is 28.8 Å². The Morgan fingerprint density at radius 2 is 2.05 bits per heavy atom. The Labute approximate surface area is 126 Å². The summed E-state index contributed by atoms with van der Waals surface area (Å²) in [6, 6.07) is 2.98. The van der Waals surface area contributed by atoms with Gasteiger partial charge in [0.2, 0.25) is 0 Å². The fourth-order valence-electron chi connectivity index (χ4n) is 2.03. The van der Waals surface area contributed by atoms with Crippen molar-refractivity contribution >= 4 is 23.5 Å². The molecule has 0 spiro atoms. The highest BCUT2D eigenvalue weighted by Crippen LogP contribution is 2.17. The lowest BCUT2D eigenvalue weighted by atomic mass is 10.2. The van der Waals surface area contributed by atoms with Crippen molar-refractivity contribution in [3.05, 3.63) is 35.8 Å². The summed E-state index contributed by atoms with van der Waals surface area (Å²) in [5.41, 5.74) is -0.155. The number of amides is 2. The van der Waals surface area contributed by atoms with E-state index in [4.69, 9.17) is 4.74 Å². The molecule has 0 aromatic carbocycles. The minimum atomic E-state index is -0.931. The number of nitrogens with zero attached hydrogens (tertiary/aromatic N) is 3. The average molecular weight is 305 g/mol. The van der Waals surface area contributed by atoms with E-state index in [1.165, 1.54) is 43.6 Å². The van der Waals surface area contributed by atoms with E-state index in [0.29, 0.717) is 0 Å². The van der Waals surface area contributed by atoms with Gasteiger partial charge >= 0.3 is 11.9 Å². The molecule has 8 heteroatoms. The quantitative estimate of drug-likeness (QED) is 0.383. The molecule has 2 amide bonds. The van der Waals surface area contributed by atoms with Crippen LogP contribution < -0.4 is 9.67 Å². The SMILES string of the molecule is CCOC(=O)c1ccc[n+](C2=C([O-])C(=O)N(N(C)C)C2=O)c1. The molecule has 0 unspecified atom stereocenters.